The van der Waals surface area contributed by atoms with E-state index < -0.39 is 5.97 Å². The maximum Gasteiger partial charge on any atom is 0.360 e. The minimum absolute atomic E-state index is 0.286. The second-order valence-corrected chi connectivity index (χ2v) is 3.46. The van der Waals surface area contributed by atoms with Gasteiger partial charge in [0.15, 0.2) is 5.69 Å². The number of ether oxygens (including phenoxy) is 1. The van der Waals surface area contributed by atoms with Gasteiger partial charge in [0.05, 0.1) is 6.61 Å². The third kappa shape index (κ3) is 1.64. The number of hydrogen-bond acceptors (Lipinski definition) is 4. The molecule has 0 atom stereocenters. The van der Waals surface area contributed by atoms with Crippen molar-refractivity contribution < 1.29 is 14.1 Å². The third-order valence-electron chi connectivity index (χ3n) is 2.52. The Kier molecular flexibility index (Phi) is 2.52. The summed E-state index contributed by atoms with van der Waals surface area (Å²) in [6, 6.07) is 1.70. The standard InChI is InChI=1S/C10H13NO3/c1-2-13-10(12)8-6-9(14-11-8)7-4-3-5-7/h6-7H,2-5H2,1H3. The maximum absolute atomic E-state index is 11.2. The molecule has 0 amide bonds. The molecule has 1 aromatic rings. The Hall–Kier alpha value is -1.32. The number of rotatable bonds is 3. The summed E-state index contributed by atoms with van der Waals surface area (Å²) < 4.78 is 9.90. The zero-order valence-corrected chi connectivity index (χ0v) is 8.16. The molecule has 0 bridgehead atoms. The van der Waals surface area contributed by atoms with Crippen molar-refractivity contribution in [2.45, 2.75) is 32.1 Å². The lowest BCUT2D eigenvalue weighted by molar-refractivity contribution is 0.0514. The summed E-state index contributed by atoms with van der Waals surface area (Å²) in [6.45, 7) is 2.13. The van der Waals surface area contributed by atoms with E-state index >= 15 is 0 Å². The van der Waals surface area contributed by atoms with Crippen molar-refractivity contribution in [3.05, 3.63) is 17.5 Å². The normalized spacial score (nSPS) is 16.4. The fraction of sp³-hybridized carbons (Fsp3) is 0.600. The lowest BCUT2D eigenvalue weighted by Crippen LogP contribution is -2.07. The van der Waals surface area contributed by atoms with Crippen LogP contribution in [-0.2, 0) is 4.74 Å². The van der Waals surface area contributed by atoms with Gasteiger partial charge in [-0.1, -0.05) is 11.6 Å². The van der Waals surface area contributed by atoms with Crippen LogP contribution in [0.5, 0.6) is 0 Å². The van der Waals surface area contributed by atoms with Crippen molar-refractivity contribution in [2.24, 2.45) is 0 Å². The lowest BCUT2D eigenvalue weighted by atomic mass is 9.83. The summed E-state index contributed by atoms with van der Waals surface area (Å²) in [5, 5.41) is 3.69. The second kappa shape index (κ2) is 3.82. The Morgan fingerprint density at radius 2 is 2.50 bits per heavy atom. The van der Waals surface area contributed by atoms with Crippen molar-refractivity contribution in [1.29, 1.82) is 0 Å². The summed E-state index contributed by atoms with van der Waals surface area (Å²) in [5.41, 5.74) is 0.286. The van der Waals surface area contributed by atoms with Crippen LogP contribution in [0.1, 0.15) is 48.4 Å². The summed E-state index contributed by atoms with van der Waals surface area (Å²) in [7, 11) is 0. The zero-order chi connectivity index (χ0) is 9.97. The van der Waals surface area contributed by atoms with Crippen LogP contribution in [0.3, 0.4) is 0 Å². The monoisotopic (exact) mass is 195 g/mol. The molecule has 14 heavy (non-hydrogen) atoms. The first-order valence-corrected chi connectivity index (χ1v) is 4.95. The van der Waals surface area contributed by atoms with E-state index in [4.69, 9.17) is 9.26 Å². The molecule has 0 spiro atoms. The van der Waals surface area contributed by atoms with Gasteiger partial charge in [0.2, 0.25) is 0 Å². The van der Waals surface area contributed by atoms with Crippen molar-refractivity contribution in [1.82, 2.24) is 5.16 Å². The summed E-state index contributed by atoms with van der Waals surface area (Å²) >= 11 is 0. The minimum Gasteiger partial charge on any atom is -0.461 e. The largest absolute Gasteiger partial charge is 0.461 e. The van der Waals surface area contributed by atoms with Crippen molar-refractivity contribution in [3.8, 4) is 0 Å². The smallest absolute Gasteiger partial charge is 0.360 e. The Labute approximate surface area is 82.2 Å². The van der Waals surface area contributed by atoms with Gasteiger partial charge in [-0.15, -0.1) is 0 Å². The molecule has 1 saturated carbocycles. The second-order valence-electron chi connectivity index (χ2n) is 3.46. The molecule has 1 aromatic heterocycles. The molecular formula is C10H13NO3. The van der Waals surface area contributed by atoms with Crippen LogP contribution in [-0.4, -0.2) is 17.7 Å². The van der Waals surface area contributed by atoms with Gasteiger partial charge in [-0.25, -0.2) is 4.79 Å². The third-order valence-corrected chi connectivity index (χ3v) is 2.52. The highest BCUT2D eigenvalue weighted by molar-refractivity contribution is 5.87. The topological polar surface area (TPSA) is 52.3 Å². The average Bonchev–Trinajstić information content (AvgIpc) is 2.50. The SMILES string of the molecule is CCOC(=O)c1cc(C2CCC2)on1. The van der Waals surface area contributed by atoms with Gasteiger partial charge in [-0.3, -0.25) is 0 Å². The Morgan fingerprint density at radius 3 is 3.07 bits per heavy atom. The number of nitrogens with zero attached hydrogens (tertiary/aromatic N) is 1. The van der Waals surface area contributed by atoms with Gasteiger partial charge in [0.1, 0.15) is 5.76 Å². The Morgan fingerprint density at radius 1 is 1.71 bits per heavy atom. The first-order chi connectivity index (χ1) is 6.81. The molecule has 0 radical (unpaired) electrons. The van der Waals surface area contributed by atoms with Gasteiger partial charge < -0.3 is 9.26 Å². The average molecular weight is 195 g/mol. The van der Waals surface area contributed by atoms with Gasteiger partial charge in [-0.2, -0.15) is 0 Å². The van der Waals surface area contributed by atoms with Gasteiger partial charge >= 0.3 is 5.97 Å². The Balaban J connectivity index is 2.05. The summed E-state index contributed by atoms with van der Waals surface area (Å²) in [5.74, 6) is 0.881. The van der Waals surface area contributed by atoms with Crippen LogP contribution in [0, 0.1) is 0 Å². The number of hydrogen-bond donors (Lipinski definition) is 0. The molecule has 1 heterocycles. The predicted molar refractivity (Wildman–Crippen MR) is 49.1 cm³/mol. The molecule has 0 saturated heterocycles. The first kappa shape index (κ1) is 9.24. The van der Waals surface area contributed by atoms with Crippen LogP contribution in [0.2, 0.25) is 0 Å². The van der Waals surface area contributed by atoms with Crippen molar-refractivity contribution >= 4 is 5.97 Å². The van der Waals surface area contributed by atoms with Crippen LogP contribution in [0.15, 0.2) is 10.6 Å². The van der Waals surface area contributed by atoms with Crippen molar-refractivity contribution in [3.63, 3.8) is 0 Å². The maximum atomic E-state index is 11.2. The highest BCUT2D eigenvalue weighted by Crippen LogP contribution is 2.36. The molecule has 1 aliphatic rings. The number of esters is 1. The molecule has 76 valence electrons. The molecule has 0 N–H and O–H groups in total. The number of aromatic nitrogens is 1. The fourth-order valence-electron chi connectivity index (χ4n) is 1.48. The van der Waals surface area contributed by atoms with E-state index in [1.165, 1.54) is 6.42 Å². The molecule has 0 aromatic carbocycles. The van der Waals surface area contributed by atoms with Crippen LogP contribution in [0.4, 0.5) is 0 Å². The molecule has 2 rings (SSSR count). The van der Waals surface area contributed by atoms with Crippen molar-refractivity contribution in [2.75, 3.05) is 6.61 Å². The Bertz CT molecular complexity index is 328. The first-order valence-electron chi connectivity index (χ1n) is 4.95. The molecule has 4 nitrogen and oxygen atoms in total. The highest BCUT2D eigenvalue weighted by atomic mass is 16.5. The van der Waals surface area contributed by atoms with Gasteiger partial charge in [0, 0.05) is 12.0 Å². The van der Waals surface area contributed by atoms with E-state index in [-0.39, 0.29) is 5.69 Å². The van der Waals surface area contributed by atoms with E-state index in [0.29, 0.717) is 12.5 Å². The summed E-state index contributed by atoms with van der Waals surface area (Å²) in [4.78, 5) is 11.2. The molecular weight excluding hydrogens is 182 g/mol. The van der Waals surface area contributed by atoms with Crippen LogP contribution in [0.25, 0.3) is 0 Å². The molecule has 4 heteroatoms. The van der Waals surface area contributed by atoms with E-state index in [1.54, 1.807) is 13.0 Å². The van der Waals surface area contributed by atoms with E-state index in [2.05, 4.69) is 5.16 Å². The zero-order valence-electron chi connectivity index (χ0n) is 8.16. The highest BCUT2D eigenvalue weighted by Gasteiger charge is 2.25. The van der Waals surface area contributed by atoms with Gasteiger partial charge in [0.25, 0.3) is 0 Å². The van der Waals surface area contributed by atoms with Gasteiger partial charge in [-0.05, 0) is 19.8 Å². The lowest BCUT2D eigenvalue weighted by Gasteiger charge is -2.21. The van der Waals surface area contributed by atoms with E-state index in [1.807, 2.05) is 0 Å². The molecule has 1 fully saturated rings. The predicted octanol–water partition coefficient (Wildman–Crippen LogP) is 2.12. The molecule has 1 aliphatic carbocycles. The van der Waals surface area contributed by atoms with Crippen LogP contribution < -0.4 is 0 Å². The number of carbonyl (C=O) groups is 1. The summed E-state index contributed by atoms with van der Waals surface area (Å²) in [6.07, 6.45) is 3.51. The minimum atomic E-state index is -0.401. The molecule has 0 unspecified atom stereocenters. The van der Waals surface area contributed by atoms with E-state index in [9.17, 15) is 4.79 Å². The molecule has 0 aliphatic heterocycles. The quantitative estimate of drug-likeness (QED) is 0.693. The van der Waals surface area contributed by atoms with E-state index in [0.717, 1.165) is 18.6 Å². The number of carbonyl (C=O) groups excluding carboxylic acids is 1. The van der Waals surface area contributed by atoms with Crippen LogP contribution >= 0.6 is 0 Å². The fourth-order valence-corrected chi connectivity index (χ4v) is 1.48.